The van der Waals surface area contributed by atoms with Gasteiger partial charge in [0.25, 0.3) is 0 Å². The SMILES string of the molecule is CCC(CC1CCCO1)C(C)O. The molecule has 0 amide bonds. The summed E-state index contributed by atoms with van der Waals surface area (Å²) in [4.78, 5) is 0. The van der Waals surface area contributed by atoms with Crippen LogP contribution >= 0.6 is 0 Å². The third kappa shape index (κ3) is 2.76. The van der Waals surface area contributed by atoms with Crippen molar-refractivity contribution >= 4 is 0 Å². The van der Waals surface area contributed by atoms with Gasteiger partial charge in [-0.05, 0) is 32.1 Å². The lowest BCUT2D eigenvalue weighted by molar-refractivity contribution is 0.0496. The Hall–Kier alpha value is -0.0800. The second kappa shape index (κ2) is 4.83. The highest BCUT2D eigenvalue weighted by molar-refractivity contribution is 4.72. The molecule has 1 N–H and O–H groups in total. The Balaban J connectivity index is 2.26. The number of rotatable bonds is 4. The summed E-state index contributed by atoms with van der Waals surface area (Å²) in [6.07, 6.45) is 4.71. The van der Waals surface area contributed by atoms with Gasteiger partial charge in [-0.15, -0.1) is 0 Å². The molecular weight excluding hydrogens is 152 g/mol. The summed E-state index contributed by atoms with van der Waals surface area (Å²) < 4.78 is 5.52. The van der Waals surface area contributed by atoms with Gasteiger partial charge in [-0.1, -0.05) is 13.3 Å². The van der Waals surface area contributed by atoms with E-state index in [4.69, 9.17) is 4.74 Å². The fourth-order valence-electron chi connectivity index (χ4n) is 1.87. The van der Waals surface area contributed by atoms with E-state index in [0.717, 1.165) is 19.4 Å². The van der Waals surface area contributed by atoms with E-state index in [2.05, 4.69) is 6.92 Å². The fraction of sp³-hybridized carbons (Fsp3) is 1.00. The number of aliphatic hydroxyl groups excluding tert-OH is 1. The molecule has 72 valence electrons. The summed E-state index contributed by atoms with van der Waals surface area (Å²) in [5, 5.41) is 9.42. The minimum absolute atomic E-state index is 0.181. The molecule has 12 heavy (non-hydrogen) atoms. The van der Waals surface area contributed by atoms with E-state index in [-0.39, 0.29) is 6.10 Å². The summed E-state index contributed by atoms with van der Waals surface area (Å²) >= 11 is 0. The van der Waals surface area contributed by atoms with Crippen LogP contribution in [0.25, 0.3) is 0 Å². The van der Waals surface area contributed by atoms with E-state index in [1.54, 1.807) is 0 Å². The van der Waals surface area contributed by atoms with Gasteiger partial charge in [0.2, 0.25) is 0 Å². The van der Waals surface area contributed by atoms with Crippen molar-refractivity contribution in [3.05, 3.63) is 0 Å². The largest absolute Gasteiger partial charge is 0.393 e. The normalized spacial score (nSPS) is 28.8. The van der Waals surface area contributed by atoms with E-state index in [0.29, 0.717) is 12.0 Å². The van der Waals surface area contributed by atoms with Gasteiger partial charge in [-0.2, -0.15) is 0 Å². The number of aliphatic hydroxyl groups is 1. The Morgan fingerprint density at radius 2 is 2.33 bits per heavy atom. The molecule has 1 rings (SSSR count). The average Bonchev–Trinajstić information content (AvgIpc) is 2.51. The van der Waals surface area contributed by atoms with Crippen molar-refractivity contribution in [3.63, 3.8) is 0 Å². The third-order valence-electron chi connectivity index (χ3n) is 2.80. The van der Waals surface area contributed by atoms with Crippen molar-refractivity contribution in [2.45, 2.75) is 51.7 Å². The summed E-state index contributed by atoms with van der Waals surface area (Å²) in [5.74, 6) is 0.424. The van der Waals surface area contributed by atoms with Crippen molar-refractivity contribution in [2.24, 2.45) is 5.92 Å². The highest BCUT2D eigenvalue weighted by Crippen LogP contribution is 2.23. The molecule has 0 radical (unpaired) electrons. The first-order valence-electron chi connectivity index (χ1n) is 5.03. The first-order valence-corrected chi connectivity index (χ1v) is 5.03. The Morgan fingerprint density at radius 1 is 1.58 bits per heavy atom. The summed E-state index contributed by atoms with van der Waals surface area (Å²) in [6.45, 7) is 4.93. The molecule has 2 nitrogen and oxygen atoms in total. The lowest BCUT2D eigenvalue weighted by atomic mass is 9.93. The van der Waals surface area contributed by atoms with Gasteiger partial charge in [0, 0.05) is 6.61 Å². The number of hydrogen-bond donors (Lipinski definition) is 1. The first-order chi connectivity index (χ1) is 5.74. The number of hydrogen-bond acceptors (Lipinski definition) is 2. The maximum atomic E-state index is 9.42. The third-order valence-corrected chi connectivity index (χ3v) is 2.80. The molecule has 1 heterocycles. The molecule has 0 aliphatic carbocycles. The Kier molecular flexibility index (Phi) is 4.02. The second-order valence-electron chi connectivity index (χ2n) is 3.78. The van der Waals surface area contributed by atoms with E-state index >= 15 is 0 Å². The standard InChI is InChI=1S/C10H20O2/c1-3-9(8(2)11)7-10-5-4-6-12-10/h8-11H,3-7H2,1-2H3. The molecular formula is C10H20O2. The van der Waals surface area contributed by atoms with Crippen molar-refractivity contribution in [1.29, 1.82) is 0 Å². The van der Waals surface area contributed by atoms with Gasteiger partial charge in [0.15, 0.2) is 0 Å². The highest BCUT2D eigenvalue weighted by atomic mass is 16.5. The second-order valence-corrected chi connectivity index (χ2v) is 3.78. The lowest BCUT2D eigenvalue weighted by Crippen LogP contribution is -2.21. The van der Waals surface area contributed by atoms with Gasteiger partial charge in [0.05, 0.1) is 12.2 Å². The predicted octanol–water partition coefficient (Wildman–Crippen LogP) is 1.96. The zero-order valence-electron chi connectivity index (χ0n) is 8.12. The molecule has 2 heteroatoms. The van der Waals surface area contributed by atoms with Gasteiger partial charge >= 0.3 is 0 Å². The molecule has 0 aromatic carbocycles. The van der Waals surface area contributed by atoms with Gasteiger partial charge < -0.3 is 9.84 Å². The fourth-order valence-corrected chi connectivity index (χ4v) is 1.87. The molecule has 0 bridgehead atoms. The molecule has 3 atom stereocenters. The van der Waals surface area contributed by atoms with E-state index < -0.39 is 0 Å². The molecule has 0 spiro atoms. The van der Waals surface area contributed by atoms with Crippen LogP contribution in [0.1, 0.15) is 39.5 Å². The zero-order chi connectivity index (χ0) is 8.97. The zero-order valence-corrected chi connectivity index (χ0v) is 8.12. The molecule has 0 aromatic heterocycles. The van der Waals surface area contributed by atoms with Crippen LogP contribution in [0.15, 0.2) is 0 Å². The monoisotopic (exact) mass is 172 g/mol. The van der Waals surface area contributed by atoms with Crippen LogP contribution in [0.3, 0.4) is 0 Å². The van der Waals surface area contributed by atoms with Crippen LogP contribution in [0, 0.1) is 5.92 Å². The summed E-state index contributed by atoms with van der Waals surface area (Å²) in [5.41, 5.74) is 0. The summed E-state index contributed by atoms with van der Waals surface area (Å²) in [6, 6.07) is 0. The van der Waals surface area contributed by atoms with E-state index in [1.165, 1.54) is 12.8 Å². The molecule has 1 fully saturated rings. The van der Waals surface area contributed by atoms with Crippen LogP contribution in [0.2, 0.25) is 0 Å². The highest BCUT2D eigenvalue weighted by Gasteiger charge is 2.22. The van der Waals surface area contributed by atoms with Gasteiger partial charge in [-0.3, -0.25) is 0 Å². The van der Waals surface area contributed by atoms with E-state index in [1.807, 2.05) is 6.92 Å². The molecule has 0 aromatic rings. The van der Waals surface area contributed by atoms with Crippen molar-refractivity contribution < 1.29 is 9.84 Å². The summed E-state index contributed by atoms with van der Waals surface area (Å²) in [7, 11) is 0. The first kappa shape index (κ1) is 10.0. The van der Waals surface area contributed by atoms with Crippen molar-refractivity contribution in [2.75, 3.05) is 6.61 Å². The minimum Gasteiger partial charge on any atom is -0.393 e. The molecule has 1 saturated heterocycles. The Morgan fingerprint density at radius 3 is 2.75 bits per heavy atom. The van der Waals surface area contributed by atoms with Crippen molar-refractivity contribution in [1.82, 2.24) is 0 Å². The topological polar surface area (TPSA) is 29.5 Å². The van der Waals surface area contributed by atoms with Gasteiger partial charge in [0.1, 0.15) is 0 Å². The van der Waals surface area contributed by atoms with Crippen LogP contribution < -0.4 is 0 Å². The van der Waals surface area contributed by atoms with Gasteiger partial charge in [-0.25, -0.2) is 0 Å². The van der Waals surface area contributed by atoms with Crippen LogP contribution in [-0.4, -0.2) is 23.9 Å². The quantitative estimate of drug-likeness (QED) is 0.702. The maximum absolute atomic E-state index is 9.42. The molecule has 0 saturated carbocycles. The minimum atomic E-state index is -0.181. The molecule has 1 aliphatic heterocycles. The van der Waals surface area contributed by atoms with Crippen molar-refractivity contribution in [3.8, 4) is 0 Å². The molecule has 1 aliphatic rings. The van der Waals surface area contributed by atoms with Crippen LogP contribution in [0.4, 0.5) is 0 Å². The van der Waals surface area contributed by atoms with Crippen LogP contribution in [0.5, 0.6) is 0 Å². The molecule has 3 unspecified atom stereocenters. The smallest absolute Gasteiger partial charge is 0.0579 e. The van der Waals surface area contributed by atoms with E-state index in [9.17, 15) is 5.11 Å². The van der Waals surface area contributed by atoms with Crippen LogP contribution in [-0.2, 0) is 4.74 Å². The maximum Gasteiger partial charge on any atom is 0.0579 e. The Bertz CT molecular complexity index is 117. The lowest BCUT2D eigenvalue weighted by Gasteiger charge is -2.21. The average molecular weight is 172 g/mol. The Labute approximate surface area is 74.9 Å². The number of ether oxygens (including phenoxy) is 1. The predicted molar refractivity (Wildman–Crippen MR) is 49.1 cm³/mol.